The minimum atomic E-state index is -1.07. The van der Waals surface area contributed by atoms with E-state index in [0.717, 1.165) is 18.2 Å². The second-order valence-electron chi connectivity index (χ2n) is 3.56. The fourth-order valence-electron chi connectivity index (χ4n) is 1.57. The number of hydrogen-bond acceptors (Lipinski definition) is 2. The summed E-state index contributed by atoms with van der Waals surface area (Å²) in [5.74, 6) is -3.12. The average molecular weight is 229 g/mol. The molecule has 0 aliphatic rings. The Kier molecular flexibility index (Phi) is 3.95. The van der Waals surface area contributed by atoms with Crippen molar-refractivity contribution in [1.29, 1.82) is 0 Å². The van der Waals surface area contributed by atoms with E-state index in [9.17, 15) is 13.6 Å². The van der Waals surface area contributed by atoms with Crippen LogP contribution in [0.25, 0.3) is 0 Å². The first-order chi connectivity index (χ1) is 7.47. The molecule has 0 amide bonds. The van der Waals surface area contributed by atoms with Crippen LogP contribution in [0.5, 0.6) is 0 Å². The van der Waals surface area contributed by atoms with E-state index in [1.54, 1.807) is 0 Å². The number of benzene rings is 1. The van der Waals surface area contributed by atoms with E-state index in [1.165, 1.54) is 14.0 Å². The molecule has 0 radical (unpaired) electrons. The first-order valence-electron chi connectivity index (χ1n) is 4.82. The Labute approximate surface area is 92.1 Å². The minimum Gasteiger partial charge on any atom is -0.481 e. The van der Waals surface area contributed by atoms with Gasteiger partial charge in [-0.25, -0.2) is 8.78 Å². The highest BCUT2D eigenvalue weighted by Gasteiger charge is 2.26. The summed E-state index contributed by atoms with van der Waals surface area (Å²) >= 11 is 0. The zero-order valence-corrected chi connectivity index (χ0v) is 9.00. The van der Waals surface area contributed by atoms with Crippen molar-refractivity contribution >= 4 is 5.97 Å². The lowest BCUT2D eigenvalue weighted by Crippen LogP contribution is -2.29. The van der Waals surface area contributed by atoms with Gasteiger partial charge in [0.1, 0.15) is 11.6 Å². The number of halogens is 2. The summed E-state index contributed by atoms with van der Waals surface area (Å²) in [5, 5.41) is 11.5. The fourth-order valence-corrected chi connectivity index (χ4v) is 1.57. The highest BCUT2D eigenvalue weighted by Crippen LogP contribution is 2.25. The average Bonchev–Trinajstić information content (AvgIpc) is 2.23. The third kappa shape index (κ3) is 2.55. The van der Waals surface area contributed by atoms with E-state index in [0.29, 0.717) is 0 Å². The normalized spacial score (nSPS) is 14.5. The summed E-state index contributed by atoms with van der Waals surface area (Å²) in [4.78, 5) is 10.8. The van der Waals surface area contributed by atoms with Gasteiger partial charge in [0.25, 0.3) is 0 Å². The van der Waals surface area contributed by atoms with E-state index in [1.807, 2.05) is 0 Å². The van der Waals surface area contributed by atoms with Gasteiger partial charge in [0, 0.05) is 11.6 Å². The molecule has 0 saturated carbocycles. The number of hydrogen-bond donors (Lipinski definition) is 2. The van der Waals surface area contributed by atoms with Crippen LogP contribution in [0.3, 0.4) is 0 Å². The lowest BCUT2D eigenvalue weighted by atomic mass is 9.94. The van der Waals surface area contributed by atoms with Gasteiger partial charge in [-0.15, -0.1) is 0 Å². The Morgan fingerprint density at radius 3 is 2.56 bits per heavy atom. The summed E-state index contributed by atoms with van der Waals surface area (Å²) in [5.41, 5.74) is 0.0254. The molecule has 2 N–H and O–H groups in total. The van der Waals surface area contributed by atoms with Gasteiger partial charge in [-0.3, -0.25) is 4.79 Å². The van der Waals surface area contributed by atoms with Crippen molar-refractivity contribution < 1.29 is 18.7 Å². The van der Waals surface area contributed by atoms with Gasteiger partial charge in [-0.05, 0) is 25.2 Å². The Morgan fingerprint density at radius 2 is 2.06 bits per heavy atom. The highest BCUT2D eigenvalue weighted by molar-refractivity contribution is 5.70. The Bertz CT molecular complexity index is 396. The second kappa shape index (κ2) is 5.03. The van der Waals surface area contributed by atoms with E-state index in [4.69, 9.17) is 5.11 Å². The molecular weight excluding hydrogens is 216 g/mol. The molecule has 3 nitrogen and oxygen atoms in total. The summed E-state index contributed by atoms with van der Waals surface area (Å²) in [6.45, 7) is 1.44. The van der Waals surface area contributed by atoms with Gasteiger partial charge in [-0.1, -0.05) is 6.92 Å². The van der Waals surface area contributed by atoms with Crippen LogP contribution in [0.4, 0.5) is 8.78 Å². The molecule has 0 aliphatic heterocycles. The lowest BCUT2D eigenvalue weighted by Gasteiger charge is -2.21. The highest BCUT2D eigenvalue weighted by atomic mass is 19.1. The SMILES string of the molecule is CNC(c1cc(F)ccc1F)C(C)C(=O)O. The number of aliphatic carboxylic acids is 1. The van der Waals surface area contributed by atoms with Crippen molar-refractivity contribution in [2.45, 2.75) is 13.0 Å². The van der Waals surface area contributed by atoms with Gasteiger partial charge < -0.3 is 10.4 Å². The van der Waals surface area contributed by atoms with Gasteiger partial charge in [-0.2, -0.15) is 0 Å². The fraction of sp³-hybridized carbons (Fsp3) is 0.364. The molecule has 0 aliphatic carbocycles. The van der Waals surface area contributed by atoms with Crippen LogP contribution >= 0.6 is 0 Å². The maximum absolute atomic E-state index is 13.4. The molecule has 0 saturated heterocycles. The molecule has 0 aromatic heterocycles. The summed E-state index contributed by atoms with van der Waals surface area (Å²) in [6, 6.07) is 2.24. The molecule has 16 heavy (non-hydrogen) atoms. The molecule has 0 bridgehead atoms. The number of carboxylic acid groups (broad SMARTS) is 1. The Hall–Kier alpha value is -1.49. The number of rotatable bonds is 4. The van der Waals surface area contributed by atoms with Crippen molar-refractivity contribution in [3.05, 3.63) is 35.4 Å². The quantitative estimate of drug-likeness (QED) is 0.829. The molecule has 2 atom stereocenters. The molecule has 5 heteroatoms. The van der Waals surface area contributed by atoms with Gasteiger partial charge in [0.05, 0.1) is 5.92 Å². The van der Waals surface area contributed by atoms with Gasteiger partial charge >= 0.3 is 5.97 Å². The number of nitrogens with one attached hydrogen (secondary N) is 1. The van der Waals surface area contributed by atoms with Gasteiger partial charge in [0.15, 0.2) is 0 Å². The van der Waals surface area contributed by atoms with Crippen LogP contribution < -0.4 is 5.32 Å². The first kappa shape index (κ1) is 12.6. The summed E-state index contributed by atoms with van der Waals surface area (Å²) < 4.78 is 26.4. The van der Waals surface area contributed by atoms with E-state index in [-0.39, 0.29) is 5.56 Å². The molecule has 0 fully saturated rings. The molecule has 0 spiro atoms. The van der Waals surface area contributed by atoms with E-state index in [2.05, 4.69) is 5.32 Å². The van der Waals surface area contributed by atoms with Crippen LogP contribution in [0.2, 0.25) is 0 Å². The molecule has 88 valence electrons. The summed E-state index contributed by atoms with van der Waals surface area (Å²) in [7, 11) is 1.51. The van der Waals surface area contributed by atoms with Crippen molar-refractivity contribution in [3.63, 3.8) is 0 Å². The van der Waals surface area contributed by atoms with Crippen LogP contribution in [0, 0.1) is 17.6 Å². The standard InChI is InChI=1S/C11H13F2NO2/c1-6(11(15)16)10(14-2)8-5-7(12)3-4-9(8)13/h3-6,10,14H,1-2H3,(H,15,16). The number of carbonyl (C=O) groups is 1. The van der Waals surface area contributed by atoms with Gasteiger partial charge in [0.2, 0.25) is 0 Å². The predicted octanol–water partition coefficient (Wildman–Crippen LogP) is 1.95. The van der Waals surface area contributed by atoms with E-state index >= 15 is 0 Å². The smallest absolute Gasteiger partial charge is 0.308 e. The second-order valence-corrected chi connectivity index (χ2v) is 3.56. The first-order valence-corrected chi connectivity index (χ1v) is 4.82. The Balaban J connectivity index is 3.12. The molecule has 1 aromatic carbocycles. The molecular formula is C11H13F2NO2. The van der Waals surface area contributed by atoms with Crippen molar-refractivity contribution in [2.75, 3.05) is 7.05 Å². The van der Waals surface area contributed by atoms with Crippen LogP contribution in [-0.4, -0.2) is 18.1 Å². The molecule has 0 heterocycles. The van der Waals surface area contributed by atoms with Crippen LogP contribution in [-0.2, 0) is 4.79 Å². The van der Waals surface area contributed by atoms with E-state index < -0.39 is 29.6 Å². The zero-order chi connectivity index (χ0) is 12.3. The molecule has 2 unspecified atom stereocenters. The van der Waals surface area contributed by atoms with Crippen LogP contribution in [0.15, 0.2) is 18.2 Å². The molecule has 1 rings (SSSR count). The third-order valence-corrected chi connectivity index (χ3v) is 2.49. The van der Waals surface area contributed by atoms with Crippen molar-refractivity contribution in [3.8, 4) is 0 Å². The Morgan fingerprint density at radius 1 is 1.44 bits per heavy atom. The topological polar surface area (TPSA) is 49.3 Å². The van der Waals surface area contributed by atoms with Crippen molar-refractivity contribution in [2.24, 2.45) is 5.92 Å². The summed E-state index contributed by atoms with van der Waals surface area (Å²) in [6.07, 6.45) is 0. The minimum absolute atomic E-state index is 0.0254. The maximum Gasteiger partial charge on any atom is 0.308 e. The van der Waals surface area contributed by atoms with Crippen molar-refractivity contribution in [1.82, 2.24) is 5.32 Å². The lowest BCUT2D eigenvalue weighted by molar-refractivity contribution is -0.142. The predicted molar refractivity (Wildman–Crippen MR) is 55.0 cm³/mol. The maximum atomic E-state index is 13.4. The largest absolute Gasteiger partial charge is 0.481 e. The van der Waals surface area contributed by atoms with Crippen LogP contribution in [0.1, 0.15) is 18.5 Å². The third-order valence-electron chi connectivity index (χ3n) is 2.49. The number of carboxylic acids is 1. The zero-order valence-electron chi connectivity index (χ0n) is 9.00. The molecule has 1 aromatic rings. The monoisotopic (exact) mass is 229 g/mol.